The van der Waals surface area contributed by atoms with Gasteiger partial charge in [-0.05, 0) is 0 Å². The molecule has 13 heavy (non-hydrogen) atoms. The van der Waals surface area contributed by atoms with Gasteiger partial charge in [0.2, 0.25) is 0 Å². The molecule has 0 aromatic rings. The van der Waals surface area contributed by atoms with Gasteiger partial charge in [-0.15, -0.1) is 0 Å². The topological polar surface area (TPSA) is 58.9 Å². The standard InChI is InChI=1S/C5H12Cl2O4P2/c6-12-10-3-5(1-8,2-9)4-11-13-7/h8-9,12-13H,1-4H2. The van der Waals surface area contributed by atoms with Crippen LogP contribution in [-0.4, -0.2) is 36.6 Å². The van der Waals surface area contributed by atoms with Gasteiger partial charge in [-0.3, -0.25) is 0 Å². The second-order valence-corrected chi connectivity index (χ2v) is 4.36. The highest BCUT2D eigenvalue weighted by atomic mass is 35.7. The van der Waals surface area contributed by atoms with Crippen molar-refractivity contribution in [3.8, 4) is 0 Å². The van der Waals surface area contributed by atoms with E-state index in [0.717, 1.165) is 0 Å². The van der Waals surface area contributed by atoms with Crippen molar-refractivity contribution in [2.24, 2.45) is 5.41 Å². The van der Waals surface area contributed by atoms with Crippen LogP contribution < -0.4 is 0 Å². The van der Waals surface area contributed by atoms with Crippen LogP contribution in [0.2, 0.25) is 0 Å². The van der Waals surface area contributed by atoms with Crippen LogP contribution in [0.25, 0.3) is 0 Å². The van der Waals surface area contributed by atoms with Crippen LogP contribution in [0.4, 0.5) is 0 Å². The fraction of sp³-hybridized carbons (Fsp3) is 1.00. The van der Waals surface area contributed by atoms with Gasteiger partial charge in [0.25, 0.3) is 0 Å². The maximum Gasteiger partial charge on any atom is 0.110 e. The molecule has 0 bridgehead atoms. The fourth-order valence-corrected chi connectivity index (χ4v) is 1.68. The molecule has 0 aliphatic carbocycles. The van der Waals surface area contributed by atoms with E-state index in [-0.39, 0.29) is 42.7 Å². The fourth-order valence-electron chi connectivity index (χ4n) is 0.635. The number of aliphatic hydroxyl groups is 2. The van der Waals surface area contributed by atoms with Gasteiger partial charge in [0.1, 0.15) is 16.3 Å². The van der Waals surface area contributed by atoms with Gasteiger partial charge >= 0.3 is 0 Å². The molecule has 80 valence electrons. The molecule has 4 nitrogen and oxygen atoms in total. The Morgan fingerprint density at radius 1 is 1.00 bits per heavy atom. The minimum Gasteiger partial charge on any atom is -0.396 e. The Morgan fingerprint density at radius 3 is 1.62 bits per heavy atom. The van der Waals surface area contributed by atoms with Crippen LogP contribution in [0.5, 0.6) is 0 Å². The molecule has 0 aromatic heterocycles. The maximum absolute atomic E-state index is 9.03. The highest BCUT2D eigenvalue weighted by Gasteiger charge is 2.29. The minimum atomic E-state index is -0.802. The Hall–Kier alpha value is 1.28. The van der Waals surface area contributed by atoms with Gasteiger partial charge in [0.05, 0.1) is 31.8 Å². The predicted molar refractivity (Wildman–Crippen MR) is 56.8 cm³/mol. The summed E-state index contributed by atoms with van der Waals surface area (Å²) >= 11 is 10.7. The van der Waals surface area contributed by atoms with Gasteiger partial charge in [0.15, 0.2) is 0 Å². The van der Waals surface area contributed by atoms with Crippen molar-refractivity contribution < 1.29 is 19.3 Å². The van der Waals surface area contributed by atoms with E-state index in [1.54, 1.807) is 0 Å². The number of hydrogen-bond acceptors (Lipinski definition) is 4. The minimum absolute atomic E-state index is 0.156. The summed E-state index contributed by atoms with van der Waals surface area (Å²) < 4.78 is 9.86. The Kier molecular flexibility index (Phi) is 9.42. The van der Waals surface area contributed by atoms with Crippen LogP contribution in [0, 0.1) is 5.41 Å². The molecule has 0 aliphatic heterocycles. The van der Waals surface area contributed by atoms with Gasteiger partial charge in [-0.1, -0.05) is 22.5 Å². The molecule has 0 saturated carbocycles. The van der Waals surface area contributed by atoms with Crippen molar-refractivity contribution >= 4 is 38.8 Å². The molecular formula is C5H12Cl2O4P2. The lowest BCUT2D eigenvalue weighted by Crippen LogP contribution is -2.38. The van der Waals surface area contributed by atoms with E-state index in [1.807, 2.05) is 0 Å². The van der Waals surface area contributed by atoms with Crippen molar-refractivity contribution in [2.45, 2.75) is 0 Å². The monoisotopic (exact) mass is 268 g/mol. The smallest absolute Gasteiger partial charge is 0.110 e. The molecule has 0 amide bonds. The Labute approximate surface area is 90.2 Å². The molecule has 0 heterocycles. The summed E-state index contributed by atoms with van der Waals surface area (Å²) in [5.41, 5.74) is -0.802. The summed E-state index contributed by atoms with van der Waals surface area (Å²) in [5, 5.41) is 18.1. The van der Waals surface area contributed by atoms with Crippen molar-refractivity contribution in [3.63, 3.8) is 0 Å². The summed E-state index contributed by atoms with van der Waals surface area (Å²) in [5.74, 6) is 0. The molecule has 2 atom stereocenters. The number of rotatable bonds is 8. The first-order valence-electron chi connectivity index (χ1n) is 3.41. The third-order valence-electron chi connectivity index (χ3n) is 1.54. The van der Waals surface area contributed by atoms with Gasteiger partial charge in [-0.25, -0.2) is 0 Å². The lowest BCUT2D eigenvalue weighted by molar-refractivity contribution is -0.0105. The van der Waals surface area contributed by atoms with Crippen LogP contribution in [0.15, 0.2) is 0 Å². The number of halogens is 2. The predicted octanol–water partition coefficient (Wildman–Crippen LogP) is 1.49. The van der Waals surface area contributed by atoms with Crippen molar-refractivity contribution in [2.75, 3.05) is 26.4 Å². The largest absolute Gasteiger partial charge is 0.396 e. The van der Waals surface area contributed by atoms with E-state index in [9.17, 15) is 0 Å². The molecule has 0 fully saturated rings. The Balaban J connectivity index is 3.97. The van der Waals surface area contributed by atoms with E-state index in [1.165, 1.54) is 0 Å². The maximum atomic E-state index is 9.03. The molecule has 8 heteroatoms. The molecule has 0 aliphatic rings. The van der Waals surface area contributed by atoms with E-state index in [2.05, 4.69) is 0 Å². The van der Waals surface area contributed by atoms with Crippen molar-refractivity contribution in [1.29, 1.82) is 0 Å². The Morgan fingerprint density at radius 2 is 1.38 bits per heavy atom. The quantitative estimate of drug-likeness (QED) is 0.655. The molecule has 2 N–H and O–H groups in total. The van der Waals surface area contributed by atoms with Crippen LogP contribution in [-0.2, 0) is 9.05 Å². The molecule has 0 radical (unpaired) electrons. The van der Waals surface area contributed by atoms with Gasteiger partial charge in [0, 0.05) is 0 Å². The second kappa shape index (κ2) is 8.58. The number of hydrogen-bond donors (Lipinski definition) is 2. The molecule has 0 spiro atoms. The molecule has 0 rings (SSSR count). The van der Waals surface area contributed by atoms with E-state index < -0.39 is 5.41 Å². The van der Waals surface area contributed by atoms with E-state index >= 15 is 0 Å². The first-order valence-corrected chi connectivity index (χ1v) is 7.25. The van der Waals surface area contributed by atoms with Crippen molar-refractivity contribution in [1.82, 2.24) is 0 Å². The summed E-state index contributed by atoms with van der Waals surface area (Å²) in [7, 11) is -0.388. The lowest BCUT2D eigenvalue weighted by atomic mass is 9.93. The molecule has 0 saturated heterocycles. The zero-order chi connectivity index (χ0) is 10.2. The molecule has 2 unspecified atom stereocenters. The highest BCUT2D eigenvalue weighted by molar-refractivity contribution is 7.64. The van der Waals surface area contributed by atoms with E-state index in [4.69, 9.17) is 41.7 Å². The van der Waals surface area contributed by atoms with Crippen molar-refractivity contribution in [3.05, 3.63) is 0 Å². The van der Waals surface area contributed by atoms with Crippen LogP contribution in [0.1, 0.15) is 0 Å². The average molecular weight is 269 g/mol. The summed E-state index contributed by atoms with van der Waals surface area (Å²) in [6.45, 7) is -0.148. The lowest BCUT2D eigenvalue weighted by Gasteiger charge is -2.27. The highest BCUT2D eigenvalue weighted by Crippen LogP contribution is 2.28. The summed E-state index contributed by atoms with van der Waals surface area (Å²) in [6.07, 6.45) is 0. The zero-order valence-corrected chi connectivity index (χ0v) is 10.3. The van der Waals surface area contributed by atoms with E-state index in [0.29, 0.717) is 0 Å². The third kappa shape index (κ3) is 5.66. The van der Waals surface area contributed by atoms with Gasteiger partial charge < -0.3 is 19.3 Å². The normalized spacial score (nSPS) is 13.8. The van der Waals surface area contributed by atoms with Crippen LogP contribution in [0.3, 0.4) is 0 Å². The first kappa shape index (κ1) is 14.3. The first-order chi connectivity index (χ1) is 6.24. The van der Waals surface area contributed by atoms with Crippen LogP contribution >= 0.6 is 38.8 Å². The zero-order valence-electron chi connectivity index (χ0n) is 6.80. The molecule has 0 aromatic carbocycles. The summed E-state index contributed by atoms with van der Waals surface area (Å²) in [6, 6.07) is 0. The number of aliphatic hydroxyl groups excluding tert-OH is 2. The summed E-state index contributed by atoms with van der Waals surface area (Å²) in [4.78, 5) is 0. The second-order valence-electron chi connectivity index (χ2n) is 2.55. The van der Waals surface area contributed by atoms with Gasteiger partial charge in [-0.2, -0.15) is 0 Å². The average Bonchev–Trinajstić information content (AvgIpc) is 2.20. The Bertz CT molecular complexity index is 115. The molecular weight excluding hydrogens is 257 g/mol. The SMILES string of the molecule is OCC(CO)(COPCl)COPCl. The third-order valence-corrected chi connectivity index (χ3v) is 2.70.